The lowest BCUT2D eigenvalue weighted by Gasteiger charge is -2.39. The van der Waals surface area contributed by atoms with E-state index in [9.17, 15) is 24.3 Å². The molecule has 2 saturated heterocycles. The third kappa shape index (κ3) is 5.83. The van der Waals surface area contributed by atoms with Gasteiger partial charge in [0.15, 0.2) is 20.1 Å². The van der Waals surface area contributed by atoms with Crippen molar-refractivity contribution in [1.29, 1.82) is 0 Å². The van der Waals surface area contributed by atoms with Crippen LogP contribution < -0.4 is 14.5 Å². The number of aliphatic hydroxyl groups excluding tert-OH is 1. The van der Waals surface area contributed by atoms with Crippen LogP contribution in [-0.4, -0.2) is 77.0 Å². The third-order valence-electron chi connectivity index (χ3n) is 9.55. The maximum Gasteiger partial charge on any atom is 0.304 e. The topological polar surface area (TPSA) is 157 Å². The number of esters is 1. The van der Waals surface area contributed by atoms with Crippen molar-refractivity contribution in [2.45, 2.75) is 82.8 Å². The molecule has 3 aromatic rings. The van der Waals surface area contributed by atoms with Gasteiger partial charge in [-0.2, -0.15) is 0 Å². The molecule has 47 heavy (non-hydrogen) atoms. The Hall–Kier alpha value is -4.11. The van der Waals surface area contributed by atoms with E-state index < -0.39 is 32.2 Å². The van der Waals surface area contributed by atoms with Crippen molar-refractivity contribution in [3.05, 3.63) is 65.5 Å². The normalized spacial score (nSPS) is 25.3. The minimum absolute atomic E-state index is 0.0167. The van der Waals surface area contributed by atoms with Gasteiger partial charge in [0.25, 0.3) is 5.91 Å². The molecule has 0 bridgehead atoms. The van der Waals surface area contributed by atoms with E-state index in [1.165, 1.54) is 11.8 Å². The molecule has 13 nitrogen and oxygen atoms in total. The molecule has 4 heterocycles. The Bertz CT molecular complexity index is 1670. The molecule has 6 rings (SSSR count). The lowest BCUT2D eigenvalue weighted by Crippen LogP contribution is -2.54. The van der Waals surface area contributed by atoms with Crippen molar-refractivity contribution < 1.29 is 38.5 Å². The Morgan fingerprint density at radius 2 is 1.91 bits per heavy atom. The summed E-state index contributed by atoms with van der Waals surface area (Å²) in [4.78, 5) is 53.2. The van der Waals surface area contributed by atoms with E-state index in [4.69, 9.17) is 14.2 Å². The van der Waals surface area contributed by atoms with Gasteiger partial charge in [0.05, 0.1) is 37.6 Å². The molecular weight excluding hydrogens is 622 g/mol. The molecule has 3 aliphatic rings. The molecule has 14 heteroatoms. The molecule has 0 saturated carbocycles. The summed E-state index contributed by atoms with van der Waals surface area (Å²) >= 11 is 0. The first-order valence-corrected chi connectivity index (χ1v) is 18.9. The quantitative estimate of drug-likeness (QED) is 0.178. The van der Waals surface area contributed by atoms with Gasteiger partial charge >= 0.3 is 5.97 Å². The number of rotatable bonds is 11. The lowest BCUT2D eigenvalue weighted by molar-refractivity contribution is -0.154. The fraction of sp³-hybridized carbons (Fsp3) is 0.485. The highest BCUT2D eigenvalue weighted by Gasteiger charge is 2.66. The number of anilines is 2. The summed E-state index contributed by atoms with van der Waals surface area (Å²) in [5, 5.41) is 17.6. The maximum absolute atomic E-state index is 14.7. The molecular formula is C33H41N5O8Si. The van der Waals surface area contributed by atoms with Crippen LogP contribution in [0.2, 0.25) is 18.6 Å². The van der Waals surface area contributed by atoms with E-state index >= 15 is 0 Å². The van der Waals surface area contributed by atoms with E-state index in [0.717, 1.165) is 5.56 Å². The third-order valence-corrected chi connectivity index (χ3v) is 12.1. The minimum atomic E-state index is -2.86. The number of carbonyl (C=O) groups excluding carboxylic acids is 3. The Kier molecular flexibility index (Phi) is 8.72. The second kappa shape index (κ2) is 12.5. The van der Waals surface area contributed by atoms with Crippen LogP contribution in [0.5, 0.6) is 5.75 Å². The van der Waals surface area contributed by atoms with Gasteiger partial charge in [-0.05, 0) is 55.4 Å². The number of amides is 2. The number of fused-ring (bicyclic) bond motifs is 2. The van der Waals surface area contributed by atoms with Crippen LogP contribution >= 0.6 is 0 Å². The summed E-state index contributed by atoms with van der Waals surface area (Å²) in [5.41, 5.74) is 1.95. The molecule has 1 aromatic heterocycles. The number of aromatic nitrogens is 3. The largest absolute Gasteiger partial charge is 0.497 e. The van der Waals surface area contributed by atoms with Gasteiger partial charge < -0.3 is 29.0 Å². The first kappa shape index (κ1) is 32.8. The highest BCUT2D eigenvalue weighted by Crippen LogP contribution is 2.60. The molecule has 2 aromatic carbocycles. The van der Waals surface area contributed by atoms with Crippen LogP contribution in [0.3, 0.4) is 0 Å². The molecule has 2 fully saturated rings. The molecule has 2 amide bonds. The van der Waals surface area contributed by atoms with Crippen molar-refractivity contribution in [1.82, 2.24) is 15.0 Å². The number of hydrogen-bond donors (Lipinski definition) is 2. The van der Waals surface area contributed by atoms with Crippen LogP contribution in [0.1, 0.15) is 43.5 Å². The Morgan fingerprint density at radius 1 is 1.17 bits per heavy atom. The number of hydrogen-bond acceptors (Lipinski definition) is 10. The molecule has 250 valence electrons. The Labute approximate surface area is 274 Å². The van der Waals surface area contributed by atoms with Crippen LogP contribution in [-0.2, 0) is 49.0 Å². The maximum atomic E-state index is 14.7. The summed E-state index contributed by atoms with van der Waals surface area (Å²) in [6.45, 7) is 7.79. The number of methoxy groups -OCH3 is 1. The Balaban J connectivity index is 1.29. The number of aliphatic hydroxyl groups is 1. The molecule has 3 aliphatic heterocycles. The van der Waals surface area contributed by atoms with Gasteiger partial charge in [-0.15, -0.1) is 5.10 Å². The van der Waals surface area contributed by atoms with Crippen molar-refractivity contribution in [3.8, 4) is 5.75 Å². The van der Waals surface area contributed by atoms with Crippen molar-refractivity contribution in [3.63, 3.8) is 0 Å². The number of β-lactam (4-membered cyclic amide) rings is 1. The number of aryl methyl sites for hydroxylation is 1. The molecule has 1 unspecified atom stereocenters. The highest BCUT2D eigenvalue weighted by molar-refractivity contribution is 6.71. The zero-order chi connectivity index (χ0) is 33.7. The van der Waals surface area contributed by atoms with E-state index in [2.05, 4.69) is 10.3 Å². The van der Waals surface area contributed by atoms with E-state index in [1.807, 2.05) is 50.3 Å². The van der Waals surface area contributed by atoms with Gasteiger partial charge in [-0.1, -0.05) is 24.3 Å². The van der Waals surface area contributed by atoms with Gasteiger partial charge in [0.2, 0.25) is 5.91 Å². The van der Waals surface area contributed by atoms with Gasteiger partial charge in [-0.25, -0.2) is 0 Å². The van der Waals surface area contributed by atoms with Crippen molar-refractivity contribution >= 4 is 37.5 Å². The van der Waals surface area contributed by atoms with Gasteiger partial charge in [-0.3, -0.25) is 24.0 Å². The molecule has 0 radical (unpaired) electrons. The minimum Gasteiger partial charge on any atom is -0.497 e. The van der Waals surface area contributed by atoms with Crippen molar-refractivity contribution in [2.24, 2.45) is 5.92 Å². The monoisotopic (exact) mass is 663 g/mol. The summed E-state index contributed by atoms with van der Waals surface area (Å²) in [6, 6.07) is 12.8. The summed E-state index contributed by atoms with van der Waals surface area (Å²) < 4.78 is 19.4. The number of nitrogens with zero attached hydrogens (tertiary/aromatic N) is 5. The van der Waals surface area contributed by atoms with E-state index in [-0.39, 0.29) is 42.8 Å². The molecule has 1 spiro atoms. The molecule has 2 N–H and O–H groups in total. The van der Waals surface area contributed by atoms with Crippen LogP contribution in [0, 0.1) is 5.92 Å². The number of ether oxygens (including phenoxy) is 3. The SMILES string of the molecule is COc1ccc2c(c1)[C@@]1(O[C@H](CCn3cc(CCO)nn3)[C@@H]([Si](C)(C)O)[C@@H]1C)C(=O)N2Cc1ccc(N2C(=O)CC2OC(C)=O)cc1. The van der Waals surface area contributed by atoms with E-state index in [1.54, 1.807) is 35.0 Å². The fourth-order valence-corrected chi connectivity index (χ4v) is 10.1. The Morgan fingerprint density at radius 3 is 2.55 bits per heavy atom. The van der Waals surface area contributed by atoms with Gasteiger partial charge in [0.1, 0.15) is 5.75 Å². The average molecular weight is 664 g/mol. The zero-order valence-electron chi connectivity index (χ0n) is 27.3. The predicted octanol–water partition coefficient (Wildman–Crippen LogP) is 2.88. The molecule has 0 aliphatic carbocycles. The average Bonchev–Trinajstić information content (AvgIpc) is 3.66. The fourth-order valence-electron chi connectivity index (χ4n) is 7.47. The van der Waals surface area contributed by atoms with Crippen LogP contribution in [0.25, 0.3) is 0 Å². The number of benzene rings is 2. The standard InChI is InChI=1S/C33H41N5O8Si/c1-20-31(47(4,5)43)28(12-14-36-19-23(13-15-39)34-35-36)46-33(20)26-16-25(44-3)10-11-27(26)37(32(33)42)18-22-6-8-24(9-7-22)38-29(41)17-30(38)45-21(2)40/h6-11,16,19-20,28,30-31,39,43H,12-15,17-18H2,1-5H3/t20-,28+,30?,31-,33+/m0/s1. The second-order valence-corrected chi connectivity index (χ2v) is 17.0. The second-order valence-electron chi connectivity index (χ2n) is 13.1. The first-order valence-electron chi connectivity index (χ1n) is 15.9. The summed E-state index contributed by atoms with van der Waals surface area (Å²) in [7, 11) is -1.28. The first-order chi connectivity index (χ1) is 22.4. The summed E-state index contributed by atoms with van der Waals surface area (Å²) in [6.07, 6.45) is 1.81. The van der Waals surface area contributed by atoms with E-state index in [0.29, 0.717) is 47.8 Å². The van der Waals surface area contributed by atoms with Crippen LogP contribution in [0.15, 0.2) is 48.7 Å². The van der Waals surface area contributed by atoms with Gasteiger partial charge in [0, 0.05) is 55.4 Å². The lowest BCUT2D eigenvalue weighted by atomic mass is 9.82. The zero-order valence-corrected chi connectivity index (χ0v) is 28.3. The van der Waals surface area contributed by atoms with Crippen LogP contribution in [0.4, 0.5) is 11.4 Å². The highest BCUT2D eigenvalue weighted by atomic mass is 28.4. The number of carbonyl (C=O) groups is 3. The smallest absolute Gasteiger partial charge is 0.304 e. The summed E-state index contributed by atoms with van der Waals surface area (Å²) in [5.74, 6) is -0.543. The molecule has 5 atom stereocenters. The van der Waals surface area contributed by atoms with Crippen molar-refractivity contribution in [2.75, 3.05) is 23.5 Å². The predicted molar refractivity (Wildman–Crippen MR) is 173 cm³/mol.